The monoisotopic (exact) mass is 384 g/mol. The molecule has 28 heavy (non-hydrogen) atoms. The molecule has 0 bridgehead atoms. The predicted molar refractivity (Wildman–Crippen MR) is 111 cm³/mol. The third kappa shape index (κ3) is 4.23. The molecule has 1 aromatic rings. The first kappa shape index (κ1) is 19.0. The van der Waals surface area contributed by atoms with Gasteiger partial charge in [0.1, 0.15) is 11.6 Å². The Morgan fingerprint density at radius 1 is 1.00 bits per heavy atom. The Bertz CT molecular complexity index is 768. The van der Waals surface area contributed by atoms with E-state index >= 15 is 0 Å². The van der Waals surface area contributed by atoms with Crippen LogP contribution in [0.5, 0.6) is 5.75 Å². The molecule has 0 aliphatic carbocycles. The number of nitrogens with zero attached hydrogens (tertiary/aromatic N) is 4. The van der Waals surface area contributed by atoms with Gasteiger partial charge in [0.25, 0.3) is 0 Å². The number of fused-ring (bicyclic) bond motifs is 1. The molecule has 3 aliphatic rings. The van der Waals surface area contributed by atoms with E-state index in [1.54, 1.807) is 13.3 Å². The standard InChI is InChI=1S/C22H29FN4O/c1-28-22-7-3-2-6-21(22)25-16-14-24(15-17-25)11-4-5-12-26-13-10-20-9-8-19(23)18-27(20)26/h2-3,6-10,18H,4-5,11-17H2,1H3. The fraction of sp³-hybridized carbons (Fsp3) is 0.455. The van der Waals surface area contributed by atoms with Crippen molar-refractivity contribution in [1.82, 2.24) is 14.9 Å². The van der Waals surface area contributed by atoms with E-state index in [1.165, 1.54) is 11.8 Å². The van der Waals surface area contributed by atoms with Crippen molar-refractivity contribution >= 4 is 5.69 Å². The van der Waals surface area contributed by atoms with Gasteiger partial charge in [0, 0.05) is 39.3 Å². The molecule has 5 nitrogen and oxygen atoms in total. The number of para-hydroxylation sites is 2. The smallest absolute Gasteiger partial charge is 0.142 e. The quantitative estimate of drug-likeness (QED) is 0.670. The van der Waals surface area contributed by atoms with Crippen molar-refractivity contribution in [3.63, 3.8) is 0 Å². The number of piperazine rings is 1. The number of anilines is 1. The van der Waals surface area contributed by atoms with Gasteiger partial charge in [-0.15, -0.1) is 0 Å². The van der Waals surface area contributed by atoms with Crippen LogP contribution in [0.3, 0.4) is 0 Å². The molecule has 1 fully saturated rings. The van der Waals surface area contributed by atoms with Gasteiger partial charge in [0.05, 0.1) is 24.7 Å². The summed E-state index contributed by atoms with van der Waals surface area (Å²) in [5, 5.41) is 4.15. The van der Waals surface area contributed by atoms with E-state index < -0.39 is 0 Å². The molecule has 6 heteroatoms. The fourth-order valence-electron chi connectivity index (χ4n) is 4.10. The molecule has 1 aromatic carbocycles. The second kappa shape index (κ2) is 8.80. The first-order chi connectivity index (χ1) is 13.7. The maximum atomic E-state index is 13.5. The van der Waals surface area contributed by atoms with Gasteiger partial charge < -0.3 is 9.64 Å². The zero-order valence-electron chi connectivity index (χ0n) is 16.6. The highest BCUT2D eigenvalue weighted by Gasteiger charge is 2.23. The number of unbranched alkanes of at least 4 members (excludes halogenated alkanes) is 1. The van der Waals surface area contributed by atoms with Crippen LogP contribution in [0.2, 0.25) is 0 Å². The van der Waals surface area contributed by atoms with E-state index in [0.717, 1.165) is 70.1 Å². The Kier molecular flexibility index (Phi) is 5.98. The van der Waals surface area contributed by atoms with Crippen molar-refractivity contribution in [3.05, 3.63) is 60.2 Å². The molecule has 0 amide bonds. The number of hydrazine groups is 1. The van der Waals surface area contributed by atoms with Gasteiger partial charge in [0.2, 0.25) is 0 Å². The summed E-state index contributed by atoms with van der Waals surface area (Å²) in [6.45, 7) is 7.17. The van der Waals surface area contributed by atoms with Crippen molar-refractivity contribution in [3.8, 4) is 5.75 Å². The highest BCUT2D eigenvalue weighted by Crippen LogP contribution is 2.28. The molecule has 0 spiro atoms. The normalized spacial score (nSPS) is 20.2. The van der Waals surface area contributed by atoms with Crippen LogP contribution in [0.4, 0.5) is 10.1 Å². The van der Waals surface area contributed by atoms with E-state index in [0.29, 0.717) is 0 Å². The summed E-state index contributed by atoms with van der Waals surface area (Å²) in [7, 11) is 1.73. The van der Waals surface area contributed by atoms with Gasteiger partial charge in [-0.25, -0.2) is 9.40 Å². The molecule has 3 heterocycles. The molecule has 0 radical (unpaired) electrons. The molecule has 3 aliphatic heterocycles. The zero-order valence-corrected chi connectivity index (χ0v) is 16.6. The summed E-state index contributed by atoms with van der Waals surface area (Å²) in [5.74, 6) is 0.768. The van der Waals surface area contributed by atoms with Gasteiger partial charge >= 0.3 is 0 Å². The van der Waals surface area contributed by atoms with Gasteiger partial charge in [-0.1, -0.05) is 12.1 Å². The van der Waals surface area contributed by atoms with E-state index in [2.05, 4.69) is 33.0 Å². The average Bonchev–Trinajstić information content (AvgIpc) is 3.13. The Labute approximate surface area is 166 Å². The summed E-state index contributed by atoms with van der Waals surface area (Å²) < 4.78 is 19.0. The lowest BCUT2D eigenvalue weighted by Gasteiger charge is -2.36. The van der Waals surface area contributed by atoms with Gasteiger partial charge in [-0.05, 0) is 49.7 Å². The number of allylic oxidation sites excluding steroid dienone is 3. The maximum absolute atomic E-state index is 13.5. The molecule has 0 unspecified atom stereocenters. The van der Waals surface area contributed by atoms with Gasteiger partial charge in [-0.3, -0.25) is 9.91 Å². The van der Waals surface area contributed by atoms with E-state index in [4.69, 9.17) is 4.74 Å². The molecular formula is C22H29FN4O. The second-order valence-corrected chi connectivity index (χ2v) is 7.44. The van der Waals surface area contributed by atoms with Crippen molar-refractivity contribution in [2.75, 3.05) is 57.8 Å². The first-order valence-corrected chi connectivity index (χ1v) is 10.1. The highest BCUT2D eigenvalue weighted by molar-refractivity contribution is 5.58. The molecular weight excluding hydrogens is 355 g/mol. The van der Waals surface area contributed by atoms with Crippen molar-refractivity contribution in [2.45, 2.75) is 12.8 Å². The molecule has 0 N–H and O–H groups in total. The predicted octanol–water partition coefficient (Wildman–Crippen LogP) is 3.39. The topological polar surface area (TPSA) is 22.2 Å². The third-order valence-corrected chi connectivity index (χ3v) is 5.68. The molecule has 4 rings (SSSR count). The van der Waals surface area contributed by atoms with Gasteiger partial charge in [-0.2, -0.15) is 0 Å². The highest BCUT2D eigenvalue weighted by atomic mass is 19.1. The number of methoxy groups -OCH3 is 1. The Balaban J connectivity index is 1.17. The molecule has 1 saturated heterocycles. The van der Waals surface area contributed by atoms with Crippen molar-refractivity contribution in [1.29, 1.82) is 0 Å². The third-order valence-electron chi connectivity index (χ3n) is 5.68. The largest absolute Gasteiger partial charge is 0.495 e. The summed E-state index contributed by atoms with van der Waals surface area (Å²) in [6, 6.07) is 8.25. The Morgan fingerprint density at radius 3 is 2.61 bits per heavy atom. The molecule has 0 atom stereocenters. The van der Waals surface area contributed by atoms with Crippen LogP contribution in [0.25, 0.3) is 0 Å². The number of ether oxygens (including phenoxy) is 1. The lowest BCUT2D eigenvalue weighted by atomic mass is 10.2. The number of rotatable bonds is 7. The SMILES string of the molecule is COc1ccccc1N1CCN(CCCCN2CC=C3C=CC(F)=CN32)CC1. The van der Waals surface area contributed by atoms with Crippen molar-refractivity contribution in [2.24, 2.45) is 0 Å². The summed E-state index contributed by atoms with van der Waals surface area (Å²) in [6.07, 6.45) is 9.37. The van der Waals surface area contributed by atoms with Crippen LogP contribution in [-0.4, -0.2) is 67.8 Å². The lowest BCUT2D eigenvalue weighted by Crippen LogP contribution is -2.46. The Hall–Kier alpha value is -2.31. The summed E-state index contributed by atoms with van der Waals surface area (Å²) >= 11 is 0. The van der Waals surface area contributed by atoms with Crippen LogP contribution in [0.15, 0.2) is 60.2 Å². The van der Waals surface area contributed by atoms with E-state index in [9.17, 15) is 4.39 Å². The molecule has 0 saturated carbocycles. The minimum Gasteiger partial charge on any atom is -0.495 e. The summed E-state index contributed by atoms with van der Waals surface area (Å²) in [4.78, 5) is 4.96. The van der Waals surface area contributed by atoms with Crippen molar-refractivity contribution < 1.29 is 9.13 Å². The van der Waals surface area contributed by atoms with Crippen LogP contribution in [0.1, 0.15) is 12.8 Å². The first-order valence-electron chi connectivity index (χ1n) is 10.1. The van der Waals surface area contributed by atoms with E-state index in [-0.39, 0.29) is 5.83 Å². The number of halogens is 1. The van der Waals surface area contributed by atoms with Crippen LogP contribution < -0.4 is 9.64 Å². The zero-order chi connectivity index (χ0) is 19.3. The fourth-order valence-corrected chi connectivity index (χ4v) is 4.10. The second-order valence-electron chi connectivity index (χ2n) is 7.44. The summed E-state index contributed by atoms with van der Waals surface area (Å²) in [5.41, 5.74) is 2.27. The average molecular weight is 384 g/mol. The van der Waals surface area contributed by atoms with Crippen LogP contribution in [0, 0.1) is 0 Å². The lowest BCUT2D eigenvalue weighted by molar-refractivity contribution is 0.0870. The van der Waals surface area contributed by atoms with Crippen LogP contribution >= 0.6 is 0 Å². The maximum Gasteiger partial charge on any atom is 0.142 e. The number of benzene rings is 1. The van der Waals surface area contributed by atoms with E-state index in [1.807, 2.05) is 23.2 Å². The molecule has 150 valence electrons. The Morgan fingerprint density at radius 2 is 1.79 bits per heavy atom. The number of hydrogen-bond donors (Lipinski definition) is 0. The molecule has 0 aromatic heterocycles. The van der Waals surface area contributed by atoms with Crippen LogP contribution in [-0.2, 0) is 0 Å². The van der Waals surface area contributed by atoms with Gasteiger partial charge in [0.15, 0.2) is 0 Å². The minimum absolute atomic E-state index is 0.183. The number of hydrogen-bond acceptors (Lipinski definition) is 5. The minimum atomic E-state index is -0.183.